The monoisotopic (exact) mass is 278 g/mol. The summed E-state index contributed by atoms with van der Waals surface area (Å²) < 4.78 is 18.5. The van der Waals surface area contributed by atoms with Crippen molar-refractivity contribution in [2.75, 3.05) is 13.4 Å². The van der Waals surface area contributed by atoms with Crippen molar-refractivity contribution in [3.63, 3.8) is 0 Å². The van der Waals surface area contributed by atoms with E-state index in [1.165, 1.54) is 25.3 Å². The lowest BCUT2D eigenvalue weighted by molar-refractivity contribution is 0.214. The van der Waals surface area contributed by atoms with Crippen molar-refractivity contribution in [1.29, 1.82) is 0 Å². The van der Waals surface area contributed by atoms with Gasteiger partial charge in [-0.25, -0.2) is 4.39 Å². The third-order valence-electron chi connectivity index (χ3n) is 2.92. The Morgan fingerprint density at radius 2 is 1.84 bits per heavy atom. The number of benzene rings is 2. The molecule has 0 spiro atoms. The summed E-state index contributed by atoms with van der Waals surface area (Å²) in [5.41, 5.74) is 1.14. The van der Waals surface area contributed by atoms with Gasteiger partial charge in [-0.3, -0.25) is 0 Å². The summed E-state index contributed by atoms with van der Waals surface area (Å²) in [6.45, 7) is 0. The Hall–Kier alpha value is -1.52. The normalized spacial score (nSPS) is 12.2. The molecule has 2 nitrogen and oxygen atoms in total. The van der Waals surface area contributed by atoms with E-state index in [4.69, 9.17) is 4.74 Å². The molecule has 0 heterocycles. The van der Waals surface area contributed by atoms with E-state index < -0.39 is 11.9 Å². The molecule has 0 saturated heterocycles. The maximum Gasteiger partial charge on any atom is 0.125 e. The van der Waals surface area contributed by atoms with Crippen LogP contribution < -0.4 is 4.74 Å². The molecule has 0 aliphatic heterocycles. The van der Waals surface area contributed by atoms with Crippen LogP contribution in [0.1, 0.15) is 17.2 Å². The second-order valence-electron chi connectivity index (χ2n) is 4.06. The van der Waals surface area contributed by atoms with Gasteiger partial charge in [-0.2, -0.15) is 0 Å². The van der Waals surface area contributed by atoms with Crippen molar-refractivity contribution in [2.24, 2.45) is 0 Å². The minimum Gasteiger partial charge on any atom is -0.496 e. The van der Waals surface area contributed by atoms with Crippen LogP contribution in [0.2, 0.25) is 0 Å². The minimum atomic E-state index is -0.901. The molecule has 0 saturated carbocycles. The molecule has 0 amide bonds. The first-order valence-corrected chi connectivity index (χ1v) is 7.03. The molecular formula is C15H15FO2S. The van der Waals surface area contributed by atoms with Gasteiger partial charge in [0.2, 0.25) is 0 Å². The molecule has 100 valence electrons. The molecule has 0 aliphatic rings. The van der Waals surface area contributed by atoms with Crippen molar-refractivity contribution in [3.8, 4) is 5.75 Å². The zero-order chi connectivity index (χ0) is 13.8. The number of aliphatic hydroxyl groups is 1. The van der Waals surface area contributed by atoms with Crippen LogP contribution in [0.15, 0.2) is 47.4 Å². The average Bonchev–Trinajstić information content (AvgIpc) is 2.46. The Balaban J connectivity index is 2.36. The first-order valence-electron chi connectivity index (χ1n) is 5.81. The Labute approximate surface area is 116 Å². The summed E-state index contributed by atoms with van der Waals surface area (Å²) in [7, 11) is 1.50. The molecule has 4 heteroatoms. The van der Waals surface area contributed by atoms with Gasteiger partial charge in [0.25, 0.3) is 0 Å². The molecular weight excluding hydrogens is 263 g/mol. The topological polar surface area (TPSA) is 29.5 Å². The van der Waals surface area contributed by atoms with E-state index in [0.29, 0.717) is 16.9 Å². The summed E-state index contributed by atoms with van der Waals surface area (Å²) in [6.07, 6.45) is 1.09. The first kappa shape index (κ1) is 13.9. The van der Waals surface area contributed by atoms with Gasteiger partial charge in [0.15, 0.2) is 0 Å². The van der Waals surface area contributed by atoms with Gasteiger partial charge >= 0.3 is 0 Å². The lowest BCUT2D eigenvalue weighted by atomic mass is 10.0. The second-order valence-corrected chi connectivity index (χ2v) is 4.94. The Kier molecular flexibility index (Phi) is 4.45. The number of thioether (sulfide) groups is 1. The van der Waals surface area contributed by atoms with Crippen molar-refractivity contribution >= 4 is 11.8 Å². The predicted octanol–water partition coefficient (Wildman–Crippen LogP) is 3.64. The van der Waals surface area contributed by atoms with E-state index in [1.807, 2.05) is 30.5 Å². The predicted molar refractivity (Wildman–Crippen MR) is 75.2 cm³/mol. The largest absolute Gasteiger partial charge is 0.496 e. The number of methoxy groups -OCH3 is 1. The highest BCUT2D eigenvalue weighted by Gasteiger charge is 2.16. The van der Waals surface area contributed by atoms with Gasteiger partial charge in [0, 0.05) is 10.5 Å². The first-order chi connectivity index (χ1) is 9.15. The van der Waals surface area contributed by atoms with Crippen LogP contribution in [0.25, 0.3) is 0 Å². The highest BCUT2D eigenvalue weighted by Crippen LogP contribution is 2.31. The number of hydrogen-bond donors (Lipinski definition) is 1. The maximum atomic E-state index is 13.3. The fourth-order valence-corrected chi connectivity index (χ4v) is 2.29. The second kappa shape index (κ2) is 6.08. The zero-order valence-corrected chi connectivity index (χ0v) is 11.6. The number of ether oxygens (including phenoxy) is 1. The highest BCUT2D eigenvalue weighted by atomic mass is 32.2. The van der Waals surface area contributed by atoms with Crippen molar-refractivity contribution in [3.05, 3.63) is 59.4 Å². The van der Waals surface area contributed by atoms with Crippen LogP contribution >= 0.6 is 11.8 Å². The fourth-order valence-electron chi connectivity index (χ4n) is 1.88. The van der Waals surface area contributed by atoms with Gasteiger partial charge in [-0.1, -0.05) is 12.1 Å². The maximum absolute atomic E-state index is 13.3. The number of hydrogen-bond acceptors (Lipinski definition) is 3. The molecule has 0 aromatic heterocycles. The smallest absolute Gasteiger partial charge is 0.125 e. The van der Waals surface area contributed by atoms with E-state index in [0.717, 1.165) is 4.90 Å². The zero-order valence-electron chi connectivity index (χ0n) is 10.8. The summed E-state index contributed by atoms with van der Waals surface area (Å²) in [6, 6.07) is 11.6. The quantitative estimate of drug-likeness (QED) is 0.866. The van der Waals surface area contributed by atoms with Crippen LogP contribution in [-0.2, 0) is 0 Å². The van der Waals surface area contributed by atoms with Crippen LogP contribution in [-0.4, -0.2) is 18.5 Å². The molecule has 2 rings (SSSR count). The molecule has 1 N–H and O–H groups in total. The molecule has 19 heavy (non-hydrogen) atoms. The molecule has 2 aromatic carbocycles. The van der Waals surface area contributed by atoms with Crippen LogP contribution in [0, 0.1) is 5.82 Å². The molecule has 1 atom stereocenters. The van der Waals surface area contributed by atoms with E-state index in [-0.39, 0.29) is 0 Å². The third-order valence-corrected chi connectivity index (χ3v) is 3.66. The SMILES string of the molecule is COc1ccc(F)cc1C(O)c1ccc(SC)cc1. The molecule has 0 radical (unpaired) electrons. The van der Waals surface area contributed by atoms with Gasteiger partial charge in [0.1, 0.15) is 17.7 Å². The van der Waals surface area contributed by atoms with E-state index in [9.17, 15) is 9.50 Å². The lowest BCUT2D eigenvalue weighted by Crippen LogP contribution is -2.03. The molecule has 0 fully saturated rings. The van der Waals surface area contributed by atoms with Crippen LogP contribution in [0.5, 0.6) is 5.75 Å². The molecule has 1 unspecified atom stereocenters. The number of aliphatic hydroxyl groups excluding tert-OH is 1. The third kappa shape index (κ3) is 3.08. The molecule has 2 aromatic rings. The van der Waals surface area contributed by atoms with Crippen molar-refractivity contribution in [1.82, 2.24) is 0 Å². The number of halogens is 1. The minimum absolute atomic E-state index is 0.393. The van der Waals surface area contributed by atoms with E-state index >= 15 is 0 Å². The lowest BCUT2D eigenvalue weighted by Gasteiger charge is -2.15. The summed E-state index contributed by atoms with van der Waals surface area (Å²) >= 11 is 1.63. The van der Waals surface area contributed by atoms with Gasteiger partial charge < -0.3 is 9.84 Å². The summed E-state index contributed by atoms with van der Waals surface area (Å²) in [5, 5.41) is 10.3. The van der Waals surface area contributed by atoms with Crippen molar-refractivity contribution < 1.29 is 14.2 Å². The van der Waals surface area contributed by atoms with E-state index in [1.54, 1.807) is 11.8 Å². The summed E-state index contributed by atoms with van der Waals surface area (Å²) in [5.74, 6) is 0.0819. The van der Waals surface area contributed by atoms with Gasteiger partial charge in [-0.15, -0.1) is 11.8 Å². The number of rotatable bonds is 4. The Bertz CT molecular complexity index is 555. The molecule has 0 bridgehead atoms. The van der Waals surface area contributed by atoms with E-state index in [2.05, 4.69) is 0 Å². The van der Waals surface area contributed by atoms with Crippen LogP contribution in [0.4, 0.5) is 4.39 Å². The summed E-state index contributed by atoms with van der Waals surface area (Å²) in [4.78, 5) is 1.11. The Morgan fingerprint density at radius 1 is 1.16 bits per heavy atom. The average molecular weight is 278 g/mol. The van der Waals surface area contributed by atoms with Crippen molar-refractivity contribution in [2.45, 2.75) is 11.0 Å². The fraction of sp³-hybridized carbons (Fsp3) is 0.200. The van der Waals surface area contributed by atoms with Gasteiger partial charge in [0.05, 0.1) is 7.11 Å². The Morgan fingerprint density at radius 3 is 2.42 bits per heavy atom. The molecule has 0 aliphatic carbocycles. The van der Waals surface area contributed by atoms with Crippen LogP contribution in [0.3, 0.4) is 0 Å². The highest BCUT2D eigenvalue weighted by molar-refractivity contribution is 7.98. The van der Waals surface area contributed by atoms with Gasteiger partial charge in [-0.05, 0) is 42.2 Å². The standard InChI is InChI=1S/C15H15FO2S/c1-18-14-8-5-11(16)9-13(14)15(17)10-3-6-12(19-2)7-4-10/h3-9,15,17H,1-2H3.